The van der Waals surface area contributed by atoms with Crippen molar-refractivity contribution < 1.29 is 4.92 Å². The van der Waals surface area contributed by atoms with E-state index in [4.69, 9.17) is 0 Å². The van der Waals surface area contributed by atoms with Crippen LogP contribution in [0.15, 0.2) is 24.7 Å². The van der Waals surface area contributed by atoms with Crippen molar-refractivity contribution in [3.05, 3.63) is 50.9 Å². The molecule has 0 radical (unpaired) electrons. The number of pyridine rings is 1. The second-order valence-electron chi connectivity index (χ2n) is 5.26. The smallest absolute Gasteiger partial charge is 0.319 e. The molecule has 0 aliphatic heterocycles. The van der Waals surface area contributed by atoms with Crippen LogP contribution in [0.3, 0.4) is 0 Å². The van der Waals surface area contributed by atoms with Crippen molar-refractivity contribution in [1.29, 1.82) is 0 Å². The summed E-state index contributed by atoms with van der Waals surface area (Å²) in [5.74, 6) is 0.635. The highest BCUT2D eigenvalue weighted by Crippen LogP contribution is 2.34. The van der Waals surface area contributed by atoms with Crippen molar-refractivity contribution in [2.24, 2.45) is 0 Å². The number of rotatable bonds is 5. The van der Waals surface area contributed by atoms with E-state index in [0.717, 1.165) is 16.1 Å². The molecule has 0 aliphatic rings. The molecule has 0 saturated heterocycles. The van der Waals surface area contributed by atoms with Gasteiger partial charge in [-0.2, -0.15) is 0 Å². The second kappa shape index (κ2) is 6.77. The molecule has 0 aliphatic carbocycles. The Hall–Kier alpha value is -3.14. The van der Waals surface area contributed by atoms with Crippen LogP contribution in [0.2, 0.25) is 0 Å². The zero-order valence-electron chi connectivity index (χ0n) is 13.8. The number of nitro groups is 1. The molecular weight excluding hydrogens is 342 g/mol. The van der Waals surface area contributed by atoms with Crippen LogP contribution in [0.25, 0.3) is 0 Å². The molecule has 0 saturated carbocycles. The Bertz CT molecular complexity index is 922. The summed E-state index contributed by atoms with van der Waals surface area (Å²) in [6.07, 6.45) is 2.85. The summed E-state index contributed by atoms with van der Waals surface area (Å²) in [4.78, 5) is 28.6. The Morgan fingerprint density at radius 1 is 1.08 bits per heavy atom. The molecule has 0 unspecified atom stereocenters. The third-order valence-corrected chi connectivity index (χ3v) is 4.49. The van der Waals surface area contributed by atoms with E-state index in [1.165, 1.54) is 17.7 Å². The molecule has 0 fully saturated rings. The van der Waals surface area contributed by atoms with Crippen molar-refractivity contribution >= 4 is 39.6 Å². The molecule has 25 heavy (non-hydrogen) atoms. The van der Waals surface area contributed by atoms with Gasteiger partial charge in [0.25, 0.3) is 0 Å². The molecule has 128 valence electrons. The number of aromatic nitrogens is 4. The normalized spacial score (nSPS) is 10.5. The highest BCUT2D eigenvalue weighted by atomic mass is 32.1. The summed E-state index contributed by atoms with van der Waals surface area (Å²) in [6, 6.07) is 3.64. The molecule has 3 aromatic rings. The van der Waals surface area contributed by atoms with Gasteiger partial charge in [0.2, 0.25) is 11.6 Å². The van der Waals surface area contributed by atoms with Gasteiger partial charge in [-0.1, -0.05) is 6.07 Å². The van der Waals surface area contributed by atoms with Crippen molar-refractivity contribution in [2.75, 3.05) is 10.6 Å². The van der Waals surface area contributed by atoms with Crippen molar-refractivity contribution in [3.8, 4) is 0 Å². The van der Waals surface area contributed by atoms with Gasteiger partial charge in [0, 0.05) is 11.1 Å². The number of nitrogens with one attached hydrogen (secondary N) is 2. The van der Waals surface area contributed by atoms with E-state index in [0.29, 0.717) is 10.9 Å². The number of nitrogens with zero attached hydrogens (tertiary/aromatic N) is 5. The number of hydrogen-bond donors (Lipinski definition) is 2. The van der Waals surface area contributed by atoms with E-state index in [2.05, 4.69) is 30.6 Å². The van der Waals surface area contributed by atoms with Crippen LogP contribution in [0.5, 0.6) is 0 Å². The van der Waals surface area contributed by atoms with Crippen LogP contribution in [0, 0.1) is 30.9 Å². The van der Waals surface area contributed by atoms with Crippen LogP contribution in [0.1, 0.15) is 16.1 Å². The van der Waals surface area contributed by atoms with Gasteiger partial charge >= 0.3 is 5.69 Å². The van der Waals surface area contributed by atoms with Gasteiger partial charge < -0.3 is 10.6 Å². The highest BCUT2D eigenvalue weighted by Gasteiger charge is 2.24. The van der Waals surface area contributed by atoms with Gasteiger partial charge in [0.1, 0.15) is 12.1 Å². The first-order valence-electron chi connectivity index (χ1n) is 7.34. The molecule has 0 bridgehead atoms. The largest absolute Gasteiger partial charge is 0.354 e. The predicted octanol–water partition coefficient (Wildman–Crippen LogP) is 3.65. The molecule has 3 heterocycles. The Morgan fingerprint density at radius 3 is 2.40 bits per heavy atom. The first-order chi connectivity index (χ1) is 12.0. The van der Waals surface area contributed by atoms with Crippen molar-refractivity contribution in [2.45, 2.75) is 20.8 Å². The van der Waals surface area contributed by atoms with Gasteiger partial charge in [0.05, 0.1) is 10.6 Å². The summed E-state index contributed by atoms with van der Waals surface area (Å²) in [6.45, 7) is 5.66. The quantitative estimate of drug-likeness (QED) is 0.524. The molecule has 3 aromatic heterocycles. The fraction of sp³-hybridized carbons (Fsp3) is 0.200. The molecule has 2 N–H and O–H groups in total. The lowest BCUT2D eigenvalue weighted by Crippen LogP contribution is -2.06. The van der Waals surface area contributed by atoms with E-state index in [9.17, 15) is 10.1 Å². The summed E-state index contributed by atoms with van der Waals surface area (Å²) >= 11 is 1.40. The molecule has 0 spiro atoms. The standard InChI is InChI=1S/C15H15N7O2S/c1-8-5-4-6-16-12(8)20-13-11(22(23)24)14(18-7-17-13)21-15-19-9(2)10(3)25-15/h4-7H,1-3H3,(H2,16,17,18,19,20,21). The molecule has 0 amide bonds. The first-order valence-corrected chi connectivity index (χ1v) is 8.16. The average Bonchev–Trinajstić information content (AvgIpc) is 2.87. The zero-order valence-corrected chi connectivity index (χ0v) is 14.6. The third kappa shape index (κ3) is 3.53. The number of anilines is 4. The van der Waals surface area contributed by atoms with Gasteiger partial charge in [-0.05, 0) is 32.4 Å². The molecule has 3 rings (SSSR count). The Kier molecular flexibility index (Phi) is 4.52. The van der Waals surface area contributed by atoms with Crippen LogP contribution in [0.4, 0.5) is 28.3 Å². The minimum absolute atomic E-state index is 0.0642. The minimum Gasteiger partial charge on any atom is -0.319 e. The monoisotopic (exact) mass is 357 g/mol. The predicted molar refractivity (Wildman–Crippen MR) is 95.8 cm³/mol. The van der Waals surface area contributed by atoms with Crippen molar-refractivity contribution in [1.82, 2.24) is 19.9 Å². The molecule has 10 heteroatoms. The van der Waals surface area contributed by atoms with Crippen LogP contribution in [-0.2, 0) is 0 Å². The van der Waals surface area contributed by atoms with Crippen LogP contribution >= 0.6 is 11.3 Å². The van der Waals surface area contributed by atoms with Gasteiger partial charge in [-0.25, -0.2) is 19.9 Å². The zero-order chi connectivity index (χ0) is 18.0. The van der Waals surface area contributed by atoms with Crippen LogP contribution < -0.4 is 10.6 Å². The minimum atomic E-state index is -0.531. The summed E-state index contributed by atoms with van der Waals surface area (Å²) in [5.41, 5.74) is 1.45. The van der Waals surface area contributed by atoms with E-state index in [1.807, 2.05) is 26.8 Å². The van der Waals surface area contributed by atoms with Crippen LogP contribution in [-0.4, -0.2) is 24.9 Å². The topological polar surface area (TPSA) is 119 Å². The number of hydrogen-bond acceptors (Lipinski definition) is 9. The maximum atomic E-state index is 11.6. The fourth-order valence-electron chi connectivity index (χ4n) is 2.09. The fourth-order valence-corrected chi connectivity index (χ4v) is 2.90. The Labute approximate surface area is 147 Å². The van der Waals surface area contributed by atoms with E-state index < -0.39 is 4.92 Å². The Balaban J connectivity index is 1.99. The molecular formula is C15H15N7O2S. The van der Waals surface area contributed by atoms with Crippen molar-refractivity contribution in [3.63, 3.8) is 0 Å². The average molecular weight is 357 g/mol. The SMILES string of the molecule is Cc1cccnc1Nc1ncnc(Nc2nc(C)c(C)s2)c1[N+](=O)[O-]. The third-order valence-electron chi connectivity index (χ3n) is 3.50. The molecule has 0 atom stereocenters. The summed E-state index contributed by atoms with van der Waals surface area (Å²) < 4.78 is 0. The lowest BCUT2D eigenvalue weighted by molar-refractivity contribution is -0.383. The van der Waals surface area contributed by atoms with E-state index in [1.54, 1.807) is 12.3 Å². The lowest BCUT2D eigenvalue weighted by atomic mass is 10.3. The molecule has 0 aromatic carbocycles. The second-order valence-corrected chi connectivity index (χ2v) is 6.46. The number of thiazole rings is 1. The van der Waals surface area contributed by atoms with E-state index in [-0.39, 0.29) is 17.3 Å². The summed E-state index contributed by atoms with van der Waals surface area (Å²) in [5, 5.41) is 17.9. The highest BCUT2D eigenvalue weighted by molar-refractivity contribution is 7.15. The first kappa shape index (κ1) is 16.7. The maximum Gasteiger partial charge on any atom is 0.354 e. The van der Waals surface area contributed by atoms with Gasteiger partial charge in [-0.15, -0.1) is 11.3 Å². The number of aryl methyl sites for hydroxylation is 3. The summed E-state index contributed by atoms with van der Waals surface area (Å²) in [7, 11) is 0. The van der Waals surface area contributed by atoms with Gasteiger partial charge in [0.15, 0.2) is 5.13 Å². The lowest BCUT2D eigenvalue weighted by Gasteiger charge is -2.09. The maximum absolute atomic E-state index is 11.6. The van der Waals surface area contributed by atoms with Gasteiger partial charge in [-0.3, -0.25) is 10.1 Å². The van der Waals surface area contributed by atoms with E-state index >= 15 is 0 Å². The Morgan fingerprint density at radius 2 is 1.80 bits per heavy atom. The molecule has 9 nitrogen and oxygen atoms in total.